The minimum atomic E-state index is -0.403. The summed E-state index contributed by atoms with van der Waals surface area (Å²) >= 11 is 0. The van der Waals surface area contributed by atoms with E-state index in [2.05, 4.69) is 6.58 Å². The molecule has 0 aromatic rings. The van der Waals surface area contributed by atoms with Crippen LogP contribution >= 0.6 is 0 Å². The molecular formula is C12H21NO3. The minimum Gasteiger partial charge on any atom is -0.494 e. The summed E-state index contributed by atoms with van der Waals surface area (Å²) in [6.07, 6.45) is 5.41. The van der Waals surface area contributed by atoms with E-state index in [4.69, 9.17) is 20.3 Å². The van der Waals surface area contributed by atoms with Crippen LogP contribution in [0.25, 0.3) is 0 Å². The van der Waals surface area contributed by atoms with Gasteiger partial charge in [0.15, 0.2) is 0 Å². The zero-order chi connectivity index (χ0) is 12.4. The molecule has 0 fully saturated rings. The highest BCUT2D eigenvalue weighted by Gasteiger charge is 2.00. The van der Waals surface area contributed by atoms with Crippen molar-refractivity contribution >= 4 is 0 Å². The summed E-state index contributed by atoms with van der Waals surface area (Å²) in [5.41, 5.74) is 6.54. The van der Waals surface area contributed by atoms with Gasteiger partial charge in [-0.1, -0.05) is 12.7 Å². The Labute approximate surface area is 97.0 Å². The van der Waals surface area contributed by atoms with E-state index in [1.165, 1.54) is 0 Å². The summed E-state index contributed by atoms with van der Waals surface area (Å²) in [5.74, 6) is 0.649. The number of ether oxygens (including phenoxy) is 2. The summed E-state index contributed by atoms with van der Waals surface area (Å²) in [7, 11) is 1.55. The number of methoxy groups -OCH3 is 1. The van der Waals surface area contributed by atoms with Gasteiger partial charge in [0, 0.05) is 20.1 Å². The molecule has 1 atom stereocenters. The zero-order valence-corrected chi connectivity index (χ0v) is 9.98. The fourth-order valence-electron chi connectivity index (χ4n) is 0.924. The molecule has 0 aromatic heterocycles. The Hall–Kier alpha value is -1.10. The molecule has 0 spiro atoms. The van der Waals surface area contributed by atoms with Gasteiger partial charge in [-0.25, -0.2) is 0 Å². The average Bonchev–Trinajstić information content (AvgIpc) is 2.32. The zero-order valence-electron chi connectivity index (χ0n) is 9.98. The van der Waals surface area contributed by atoms with Gasteiger partial charge in [-0.05, 0) is 24.6 Å². The summed E-state index contributed by atoms with van der Waals surface area (Å²) in [5, 5.41) is 8.60. The highest BCUT2D eigenvalue weighted by Crippen LogP contribution is 2.04. The molecule has 0 aliphatic carbocycles. The molecule has 1 unspecified atom stereocenters. The van der Waals surface area contributed by atoms with Gasteiger partial charge >= 0.3 is 0 Å². The Balaban J connectivity index is 4.29. The van der Waals surface area contributed by atoms with Crippen LogP contribution in [-0.4, -0.2) is 31.7 Å². The van der Waals surface area contributed by atoms with Crippen molar-refractivity contribution in [3.8, 4) is 0 Å². The topological polar surface area (TPSA) is 64.7 Å². The molecule has 0 heterocycles. The van der Waals surface area contributed by atoms with E-state index in [0.717, 1.165) is 5.57 Å². The summed E-state index contributed by atoms with van der Waals surface area (Å²) in [6.45, 7) is 6.10. The predicted octanol–water partition coefficient (Wildman–Crippen LogP) is 1.33. The molecule has 0 amide bonds. The number of hydrogen-bond donors (Lipinski definition) is 2. The van der Waals surface area contributed by atoms with E-state index < -0.39 is 6.23 Å². The Morgan fingerprint density at radius 3 is 2.69 bits per heavy atom. The van der Waals surface area contributed by atoms with E-state index in [1.54, 1.807) is 19.3 Å². The van der Waals surface area contributed by atoms with Crippen molar-refractivity contribution in [2.75, 3.05) is 20.3 Å². The third-order valence-electron chi connectivity index (χ3n) is 1.99. The van der Waals surface area contributed by atoms with Crippen molar-refractivity contribution in [2.24, 2.45) is 5.73 Å². The van der Waals surface area contributed by atoms with Crippen LogP contribution in [0, 0.1) is 0 Å². The first kappa shape index (κ1) is 14.9. The standard InChI is InChI=1S/C12H21NO3/c1-4-11(16-9-5-8-14)7-6-10(2)12(13)15-3/h4,6-7,12,14H,1,5,8-9,13H2,2-3H3/b10-6+,11-7+. The number of aliphatic hydroxyl groups is 1. The number of allylic oxidation sites excluding steroid dienone is 3. The Morgan fingerprint density at radius 1 is 1.50 bits per heavy atom. The third-order valence-corrected chi connectivity index (χ3v) is 1.99. The molecule has 0 aromatic carbocycles. The van der Waals surface area contributed by atoms with Gasteiger partial charge in [-0.15, -0.1) is 0 Å². The van der Waals surface area contributed by atoms with Gasteiger partial charge in [-0.2, -0.15) is 0 Å². The first-order valence-electron chi connectivity index (χ1n) is 5.18. The maximum atomic E-state index is 8.60. The molecule has 3 N–H and O–H groups in total. The SMILES string of the molecule is C=C/C(=C\C=C(/C)C(N)OC)OCCCO. The molecule has 4 nitrogen and oxygen atoms in total. The highest BCUT2D eigenvalue weighted by molar-refractivity contribution is 5.20. The van der Waals surface area contributed by atoms with E-state index in [1.807, 2.05) is 13.0 Å². The summed E-state index contributed by atoms with van der Waals surface area (Å²) in [4.78, 5) is 0. The second-order valence-corrected chi connectivity index (χ2v) is 3.27. The molecule has 0 radical (unpaired) electrons. The number of rotatable bonds is 8. The van der Waals surface area contributed by atoms with Gasteiger partial charge in [0.1, 0.15) is 12.0 Å². The normalized spacial score (nSPS) is 14.8. The largest absolute Gasteiger partial charge is 0.494 e. The Bertz CT molecular complexity index is 259. The maximum Gasteiger partial charge on any atom is 0.127 e. The van der Waals surface area contributed by atoms with Gasteiger partial charge in [0.25, 0.3) is 0 Å². The average molecular weight is 227 g/mol. The number of aliphatic hydroxyl groups excluding tert-OH is 1. The number of hydrogen-bond acceptors (Lipinski definition) is 4. The first-order valence-corrected chi connectivity index (χ1v) is 5.18. The van der Waals surface area contributed by atoms with Gasteiger partial charge < -0.3 is 20.3 Å². The van der Waals surface area contributed by atoms with Crippen molar-refractivity contribution in [2.45, 2.75) is 19.6 Å². The molecule has 0 rings (SSSR count). The molecule has 0 aliphatic heterocycles. The molecule has 0 bridgehead atoms. The van der Waals surface area contributed by atoms with Crippen LogP contribution in [0.5, 0.6) is 0 Å². The van der Waals surface area contributed by atoms with Gasteiger partial charge in [0.05, 0.1) is 6.61 Å². The predicted molar refractivity (Wildman–Crippen MR) is 64.7 cm³/mol. The van der Waals surface area contributed by atoms with Crippen LogP contribution in [-0.2, 0) is 9.47 Å². The van der Waals surface area contributed by atoms with E-state index >= 15 is 0 Å². The van der Waals surface area contributed by atoms with Crippen molar-refractivity contribution in [1.29, 1.82) is 0 Å². The fraction of sp³-hybridized carbons (Fsp3) is 0.500. The van der Waals surface area contributed by atoms with Crippen LogP contribution in [0.1, 0.15) is 13.3 Å². The molecule has 0 aliphatic rings. The molecule has 16 heavy (non-hydrogen) atoms. The molecule has 0 saturated heterocycles. The van der Waals surface area contributed by atoms with Gasteiger partial charge in [0.2, 0.25) is 0 Å². The third kappa shape index (κ3) is 6.40. The molecular weight excluding hydrogens is 206 g/mol. The smallest absolute Gasteiger partial charge is 0.127 e. The lowest BCUT2D eigenvalue weighted by Crippen LogP contribution is -2.22. The van der Waals surface area contributed by atoms with Crippen LogP contribution in [0.3, 0.4) is 0 Å². The van der Waals surface area contributed by atoms with E-state index in [9.17, 15) is 0 Å². The van der Waals surface area contributed by atoms with Crippen LogP contribution in [0.2, 0.25) is 0 Å². The lowest BCUT2D eigenvalue weighted by atomic mass is 10.2. The number of nitrogens with two attached hydrogens (primary N) is 1. The first-order chi connectivity index (χ1) is 7.65. The Morgan fingerprint density at radius 2 is 2.19 bits per heavy atom. The van der Waals surface area contributed by atoms with E-state index in [0.29, 0.717) is 18.8 Å². The van der Waals surface area contributed by atoms with E-state index in [-0.39, 0.29) is 6.61 Å². The molecule has 4 heteroatoms. The maximum absolute atomic E-state index is 8.60. The minimum absolute atomic E-state index is 0.119. The van der Waals surface area contributed by atoms with Crippen molar-refractivity contribution in [3.63, 3.8) is 0 Å². The quantitative estimate of drug-likeness (QED) is 0.284. The fourth-order valence-corrected chi connectivity index (χ4v) is 0.924. The monoisotopic (exact) mass is 227 g/mol. The summed E-state index contributed by atoms with van der Waals surface area (Å²) in [6, 6.07) is 0. The molecule has 92 valence electrons. The lowest BCUT2D eigenvalue weighted by molar-refractivity contribution is 0.137. The van der Waals surface area contributed by atoms with Crippen LogP contribution < -0.4 is 5.73 Å². The van der Waals surface area contributed by atoms with Crippen molar-refractivity contribution in [1.82, 2.24) is 0 Å². The second kappa shape index (κ2) is 9.15. The van der Waals surface area contributed by atoms with Crippen molar-refractivity contribution < 1.29 is 14.6 Å². The molecule has 0 saturated carbocycles. The summed E-state index contributed by atoms with van der Waals surface area (Å²) < 4.78 is 10.3. The van der Waals surface area contributed by atoms with Crippen LogP contribution in [0.15, 0.2) is 36.1 Å². The Kier molecular flexibility index (Phi) is 8.52. The van der Waals surface area contributed by atoms with Crippen LogP contribution in [0.4, 0.5) is 0 Å². The lowest BCUT2D eigenvalue weighted by Gasteiger charge is -2.09. The highest BCUT2D eigenvalue weighted by atomic mass is 16.5. The van der Waals surface area contributed by atoms with Gasteiger partial charge in [-0.3, -0.25) is 0 Å². The van der Waals surface area contributed by atoms with Crippen molar-refractivity contribution in [3.05, 3.63) is 36.1 Å². The second-order valence-electron chi connectivity index (χ2n) is 3.27.